The first-order chi connectivity index (χ1) is 13.7. The van der Waals surface area contributed by atoms with Gasteiger partial charge in [0.1, 0.15) is 5.69 Å². The van der Waals surface area contributed by atoms with Crippen molar-refractivity contribution < 1.29 is 9.21 Å². The first kappa shape index (κ1) is 17.5. The van der Waals surface area contributed by atoms with Crippen LogP contribution in [0.5, 0.6) is 0 Å². The number of furan rings is 1. The van der Waals surface area contributed by atoms with Gasteiger partial charge in [-0.15, -0.1) is 0 Å². The molecule has 2 aliphatic rings. The topological polar surface area (TPSA) is 63.3 Å². The fourth-order valence-electron chi connectivity index (χ4n) is 4.18. The molecule has 1 aromatic carbocycles. The minimum atomic E-state index is -0.0389. The lowest BCUT2D eigenvalue weighted by Gasteiger charge is -2.23. The number of carbonyl (C=O) groups is 1. The van der Waals surface area contributed by atoms with Crippen molar-refractivity contribution in [3.63, 3.8) is 0 Å². The molecule has 6 nitrogen and oxygen atoms in total. The van der Waals surface area contributed by atoms with Gasteiger partial charge in [0.25, 0.3) is 5.91 Å². The van der Waals surface area contributed by atoms with Crippen LogP contribution in [-0.4, -0.2) is 45.8 Å². The minimum Gasteiger partial charge on any atom is -0.463 e. The fraction of sp³-hybridized carbons (Fsp3) is 0.333. The Morgan fingerprint density at radius 1 is 1.14 bits per heavy atom. The molecule has 0 spiro atoms. The maximum Gasteiger partial charge on any atom is 0.274 e. The van der Waals surface area contributed by atoms with E-state index in [1.54, 1.807) is 17.0 Å². The highest BCUT2D eigenvalue weighted by molar-refractivity contribution is 6.30. The molecule has 2 saturated heterocycles. The summed E-state index contributed by atoms with van der Waals surface area (Å²) in [7, 11) is 0. The number of nitrogens with zero attached hydrogens (tertiary/aromatic N) is 3. The van der Waals surface area contributed by atoms with Crippen LogP contribution in [0, 0.1) is 0 Å². The molecule has 2 aliphatic heterocycles. The lowest BCUT2D eigenvalue weighted by Crippen LogP contribution is -2.39. The molecule has 28 heavy (non-hydrogen) atoms. The average molecular weight is 397 g/mol. The summed E-state index contributed by atoms with van der Waals surface area (Å²) in [6, 6.07) is 13.8. The number of fused-ring (bicyclic) bond motifs is 2. The van der Waals surface area contributed by atoms with Crippen LogP contribution in [-0.2, 0) is 0 Å². The Bertz CT molecular complexity index is 998. The van der Waals surface area contributed by atoms with Crippen molar-refractivity contribution in [1.29, 1.82) is 0 Å². The molecule has 144 valence electrons. The standard InChI is InChI=1S/C21H21ClN4O2/c22-14-3-1-4-17(11-14)26-19(20-5-2-10-28-20)12-18(24-26)21(27)25-9-8-15-6-7-16(13-25)23-15/h1-5,10-12,15-16,23H,6-9,13H2. The average Bonchev–Trinajstić information content (AvgIpc) is 3.40. The zero-order valence-corrected chi connectivity index (χ0v) is 16.1. The van der Waals surface area contributed by atoms with Crippen LogP contribution in [0.4, 0.5) is 0 Å². The fourth-order valence-corrected chi connectivity index (χ4v) is 4.36. The third-order valence-corrected chi connectivity index (χ3v) is 5.80. The van der Waals surface area contributed by atoms with Crippen molar-refractivity contribution >= 4 is 17.5 Å². The molecule has 5 rings (SSSR count). The molecular formula is C21H21ClN4O2. The van der Waals surface area contributed by atoms with Gasteiger partial charge in [-0.3, -0.25) is 4.79 Å². The van der Waals surface area contributed by atoms with Crippen molar-refractivity contribution in [2.24, 2.45) is 0 Å². The van der Waals surface area contributed by atoms with E-state index in [9.17, 15) is 4.79 Å². The number of carbonyl (C=O) groups excluding carboxylic acids is 1. The Labute approximate surface area is 168 Å². The zero-order valence-electron chi connectivity index (χ0n) is 15.3. The van der Waals surface area contributed by atoms with Crippen molar-refractivity contribution in [3.8, 4) is 17.1 Å². The highest BCUT2D eigenvalue weighted by atomic mass is 35.5. The SMILES string of the molecule is O=C(c1cc(-c2ccco2)n(-c2cccc(Cl)c2)n1)N1CCC2CCC(C1)N2. The summed E-state index contributed by atoms with van der Waals surface area (Å²) < 4.78 is 7.30. The monoisotopic (exact) mass is 396 g/mol. The molecule has 0 aliphatic carbocycles. The number of hydrogen-bond donors (Lipinski definition) is 1. The number of likely N-dealkylation sites (tertiary alicyclic amines) is 1. The van der Waals surface area contributed by atoms with Gasteiger partial charge in [0.2, 0.25) is 0 Å². The van der Waals surface area contributed by atoms with Crippen molar-refractivity contribution in [2.75, 3.05) is 13.1 Å². The third-order valence-electron chi connectivity index (χ3n) is 5.57. The number of hydrogen-bond acceptors (Lipinski definition) is 4. The summed E-state index contributed by atoms with van der Waals surface area (Å²) in [5, 5.41) is 8.85. The summed E-state index contributed by atoms with van der Waals surface area (Å²) in [6.45, 7) is 1.49. The summed E-state index contributed by atoms with van der Waals surface area (Å²) in [6.07, 6.45) is 4.94. The highest BCUT2D eigenvalue weighted by Gasteiger charge is 2.32. The van der Waals surface area contributed by atoms with E-state index in [-0.39, 0.29) is 5.91 Å². The van der Waals surface area contributed by atoms with Crippen molar-refractivity contribution in [3.05, 3.63) is 59.4 Å². The van der Waals surface area contributed by atoms with E-state index >= 15 is 0 Å². The van der Waals surface area contributed by atoms with E-state index in [0.717, 1.165) is 37.3 Å². The van der Waals surface area contributed by atoms with E-state index in [1.165, 1.54) is 6.42 Å². The molecule has 1 N–H and O–H groups in total. The first-order valence-electron chi connectivity index (χ1n) is 9.62. The Balaban J connectivity index is 1.51. The summed E-state index contributed by atoms with van der Waals surface area (Å²) in [4.78, 5) is 15.2. The molecule has 2 bridgehead atoms. The molecule has 2 unspecified atom stereocenters. The molecule has 2 atom stereocenters. The van der Waals surface area contributed by atoms with Crippen molar-refractivity contribution in [2.45, 2.75) is 31.3 Å². The van der Waals surface area contributed by atoms with E-state index in [0.29, 0.717) is 28.6 Å². The lowest BCUT2D eigenvalue weighted by molar-refractivity contribution is 0.0741. The van der Waals surface area contributed by atoms with Crippen LogP contribution >= 0.6 is 11.6 Å². The number of amides is 1. The molecule has 4 heterocycles. The predicted molar refractivity (Wildman–Crippen MR) is 107 cm³/mol. The van der Waals surface area contributed by atoms with E-state index in [2.05, 4.69) is 10.4 Å². The van der Waals surface area contributed by atoms with Crippen LogP contribution in [0.3, 0.4) is 0 Å². The molecule has 3 aromatic rings. The zero-order chi connectivity index (χ0) is 19.1. The van der Waals surface area contributed by atoms with Crippen LogP contribution in [0.25, 0.3) is 17.1 Å². The second-order valence-corrected chi connectivity index (χ2v) is 7.90. The van der Waals surface area contributed by atoms with Crippen molar-refractivity contribution in [1.82, 2.24) is 20.0 Å². The molecule has 2 aromatic heterocycles. The summed E-state index contributed by atoms with van der Waals surface area (Å²) in [5.74, 6) is 0.617. The Kier molecular flexibility index (Phi) is 4.45. The second-order valence-electron chi connectivity index (χ2n) is 7.46. The van der Waals surface area contributed by atoms with Gasteiger partial charge in [-0.25, -0.2) is 4.68 Å². The summed E-state index contributed by atoms with van der Waals surface area (Å²) in [5.41, 5.74) is 1.93. The van der Waals surface area contributed by atoms with Gasteiger partial charge in [0.05, 0.1) is 12.0 Å². The van der Waals surface area contributed by atoms with Gasteiger partial charge in [0, 0.05) is 36.3 Å². The van der Waals surface area contributed by atoms with Crippen LogP contribution in [0.2, 0.25) is 5.02 Å². The maximum absolute atomic E-state index is 13.2. The van der Waals surface area contributed by atoms with Crippen LogP contribution < -0.4 is 5.32 Å². The molecule has 2 fully saturated rings. The Hall–Kier alpha value is -2.57. The highest BCUT2D eigenvalue weighted by Crippen LogP contribution is 2.27. The quantitative estimate of drug-likeness (QED) is 0.732. The van der Waals surface area contributed by atoms with Gasteiger partial charge in [-0.1, -0.05) is 17.7 Å². The minimum absolute atomic E-state index is 0.0389. The maximum atomic E-state index is 13.2. The van der Waals surface area contributed by atoms with Gasteiger partial charge >= 0.3 is 0 Å². The molecule has 0 radical (unpaired) electrons. The Morgan fingerprint density at radius 2 is 2.04 bits per heavy atom. The van der Waals surface area contributed by atoms with Crippen LogP contribution in [0.15, 0.2) is 53.1 Å². The lowest BCUT2D eigenvalue weighted by atomic mass is 10.1. The first-order valence-corrected chi connectivity index (χ1v) is 10.0. The normalized spacial score (nSPS) is 21.7. The van der Waals surface area contributed by atoms with Gasteiger partial charge in [0.15, 0.2) is 11.5 Å². The second kappa shape index (κ2) is 7.11. The smallest absolute Gasteiger partial charge is 0.274 e. The molecule has 7 heteroatoms. The number of halogens is 1. The molecule has 0 saturated carbocycles. The summed E-state index contributed by atoms with van der Waals surface area (Å²) >= 11 is 6.17. The van der Waals surface area contributed by atoms with Gasteiger partial charge in [-0.05, 0) is 49.6 Å². The van der Waals surface area contributed by atoms with Crippen LogP contribution in [0.1, 0.15) is 29.8 Å². The van der Waals surface area contributed by atoms with E-state index in [4.69, 9.17) is 16.0 Å². The third kappa shape index (κ3) is 3.23. The van der Waals surface area contributed by atoms with Gasteiger partial charge < -0.3 is 14.6 Å². The number of rotatable bonds is 3. The number of benzene rings is 1. The van der Waals surface area contributed by atoms with E-state index < -0.39 is 0 Å². The number of nitrogens with one attached hydrogen (secondary N) is 1. The molecule has 1 amide bonds. The molecular weight excluding hydrogens is 376 g/mol. The Morgan fingerprint density at radius 3 is 2.86 bits per heavy atom. The largest absolute Gasteiger partial charge is 0.463 e. The predicted octanol–water partition coefficient (Wildman–Crippen LogP) is 3.75. The van der Waals surface area contributed by atoms with E-state index in [1.807, 2.05) is 41.3 Å². The number of aromatic nitrogens is 2. The van der Waals surface area contributed by atoms with Gasteiger partial charge in [-0.2, -0.15) is 5.10 Å².